The first-order valence-electron chi connectivity index (χ1n) is 7.91. The second-order valence-electron chi connectivity index (χ2n) is 7.09. The van der Waals surface area contributed by atoms with Crippen molar-refractivity contribution in [3.8, 4) is 0 Å². The van der Waals surface area contributed by atoms with E-state index in [1.165, 1.54) is 0 Å². The van der Waals surface area contributed by atoms with Crippen molar-refractivity contribution in [2.75, 3.05) is 6.61 Å². The van der Waals surface area contributed by atoms with E-state index < -0.39 is 0 Å². The number of rotatable bonds is 3. The Balaban J connectivity index is 2.08. The largest absolute Gasteiger partial charge is 0.490 e. The minimum atomic E-state index is -0.320. The van der Waals surface area contributed by atoms with E-state index in [2.05, 4.69) is 40.7 Å². The maximum absolute atomic E-state index is 11.9. The molecule has 0 radical (unpaired) electrons. The van der Waals surface area contributed by atoms with E-state index >= 15 is 0 Å². The third-order valence-corrected chi connectivity index (χ3v) is 5.00. The maximum Gasteiger partial charge on any atom is 0.490 e. The van der Waals surface area contributed by atoms with Crippen molar-refractivity contribution in [1.29, 1.82) is 0 Å². The molecule has 1 heterocycles. The number of carbonyl (C=O) groups excluding carboxylic acids is 1. The summed E-state index contributed by atoms with van der Waals surface area (Å²) in [4.78, 5) is 11.9. The van der Waals surface area contributed by atoms with E-state index in [9.17, 15) is 4.79 Å². The lowest BCUT2D eigenvalue weighted by Gasteiger charge is -2.32. The lowest BCUT2D eigenvalue weighted by atomic mass is 9.68. The van der Waals surface area contributed by atoms with Gasteiger partial charge in [0.15, 0.2) is 0 Å². The SMILES string of the molecule is CCOC(=O)C1CCC(B2OC(C)(C)C(C)(C)O2)=C[C@@H]1C. The Kier molecular flexibility index (Phi) is 4.55. The second kappa shape index (κ2) is 5.77. The van der Waals surface area contributed by atoms with Gasteiger partial charge in [-0.2, -0.15) is 0 Å². The lowest BCUT2D eigenvalue weighted by Crippen LogP contribution is -2.41. The highest BCUT2D eigenvalue weighted by molar-refractivity contribution is 6.54. The fourth-order valence-corrected chi connectivity index (χ4v) is 2.89. The molecule has 1 unspecified atom stereocenters. The van der Waals surface area contributed by atoms with Gasteiger partial charge in [-0.1, -0.05) is 13.0 Å². The van der Waals surface area contributed by atoms with Crippen LogP contribution in [0.15, 0.2) is 11.5 Å². The predicted octanol–water partition coefficient (Wildman–Crippen LogP) is 3.15. The van der Waals surface area contributed by atoms with Crippen LogP contribution in [0.3, 0.4) is 0 Å². The van der Waals surface area contributed by atoms with Gasteiger partial charge in [0.1, 0.15) is 0 Å². The summed E-state index contributed by atoms with van der Waals surface area (Å²) in [7, 11) is -0.291. The molecule has 0 saturated carbocycles. The molecule has 0 aromatic rings. The molecule has 0 aromatic heterocycles. The summed E-state index contributed by atoms with van der Waals surface area (Å²) in [5, 5.41) is 0. The van der Waals surface area contributed by atoms with Crippen molar-refractivity contribution in [3.05, 3.63) is 11.5 Å². The number of esters is 1. The summed E-state index contributed by atoms with van der Waals surface area (Å²) >= 11 is 0. The monoisotopic (exact) mass is 294 g/mol. The van der Waals surface area contributed by atoms with Crippen LogP contribution in [-0.4, -0.2) is 30.9 Å². The summed E-state index contributed by atoms with van der Waals surface area (Å²) in [6.07, 6.45) is 3.76. The Morgan fingerprint density at radius 2 is 1.90 bits per heavy atom. The topological polar surface area (TPSA) is 44.8 Å². The van der Waals surface area contributed by atoms with Gasteiger partial charge in [0.05, 0.1) is 23.7 Å². The Morgan fingerprint density at radius 1 is 1.33 bits per heavy atom. The molecule has 1 fully saturated rings. The average Bonchev–Trinajstić information content (AvgIpc) is 2.58. The number of carbonyl (C=O) groups is 1. The third-order valence-electron chi connectivity index (χ3n) is 5.00. The molecule has 1 aliphatic carbocycles. The number of hydrogen-bond acceptors (Lipinski definition) is 4. The molecule has 2 atom stereocenters. The van der Waals surface area contributed by atoms with Gasteiger partial charge < -0.3 is 14.0 Å². The Morgan fingerprint density at radius 3 is 2.38 bits per heavy atom. The summed E-state index contributed by atoms with van der Waals surface area (Å²) in [6.45, 7) is 12.6. The van der Waals surface area contributed by atoms with Gasteiger partial charge in [-0.25, -0.2) is 0 Å². The van der Waals surface area contributed by atoms with E-state index in [1.807, 2.05) is 6.92 Å². The molecule has 1 aliphatic heterocycles. The highest BCUT2D eigenvalue weighted by atomic mass is 16.7. The van der Waals surface area contributed by atoms with E-state index in [0.29, 0.717) is 6.61 Å². The molecular weight excluding hydrogens is 267 g/mol. The highest BCUT2D eigenvalue weighted by Crippen LogP contribution is 2.41. The molecule has 2 rings (SSSR count). The zero-order valence-corrected chi connectivity index (χ0v) is 14.1. The van der Waals surface area contributed by atoms with Crippen molar-refractivity contribution >= 4 is 13.1 Å². The van der Waals surface area contributed by atoms with Crippen molar-refractivity contribution in [3.63, 3.8) is 0 Å². The molecular formula is C16H27BO4. The summed E-state index contributed by atoms with van der Waals surface area (Å²) in [6, 6.07) is 0. The summed E-state index contributed by atoms with van der Waals surface area (Å²) in [5.74, 6) is 0.0252. The maximum atomic E-state index is 11.9. The molecule has 4 nitrogen and oxygen atoms in total. The number of allylic oxidation sites excluding steroid dienone is 2. The normalized spacial score (nSPS) is 31.0. The molecule has 0 amide bonds. The van der Waals surface area contributed by atoms with Crippen LogP contribution in [0.4, 0.5) is 0 Å². The van der Waals surface area contributed by atoms with Crippen molar-refractivity contribution in [2.45, 2.75) is 65.6 Å². The predicted molar refractivity (Wildman–Crippen MR) is 82.7 cm³/mol. The average molecular weight is 294 g/mol. The Hall–Kier alpha value is -0.805. The first-order valence-corrected chi connectivity index (χ1v) is 7.91. The van der Waals surface area contributed by atoms with Crippen molar-refractivity contribution in [2.24, 2.45) is 11.8 Å². The molecule has 0 spiro atoms. The molecule has 0 aromatic carbocycles. The molecule has 118 valence electrons. The van der Waals surface area contributed by atoms with Gasteiger partial charge in [0.2, 0.25) is 0 Å². The molecule has 0 bridgehead atoms. The minimum Gasteiger partial charge on any atom is -0.466 e. The molecule has 1 saturated heterocycles. The van der Waals surface area contributed by atoms with Gasteiger partial charge in [-0.15, -0.1) is 0 Å². The van der Waals surface area contributed by atoms with Crippen LogP contribution in [0.2, 0.25) is 0 Å². The van der Waals surface area contributed by atoms with Gasteiger partial charge in [0, 0.05) is 0 Å². The summed E-state index contributed by atoms with van der Waals surface area (Å²) < 4.78 is 17.3. The Labute approximate surface area is 128 Å². The Bertz CT molecular complexity index is 426. The van der Waals surface area contributed by atoms with Gasteiger partial charge in [0.25, 0.3) is 0 Å². The fraction of sp³-hybridized carbons (Fsp3) is 0.812. The molecule has 0 N–H and O–H groups in total. The first kappa shape index (κ1) is 16.6. The van der Waals surface area contributed by atoms with Crippen molar-refractivity contribution < 1.29 is 18.8 Å². The smallest absolute Gasteiger partial charge is 0.466 e. The number of hydrogen-bond donors (Lipinski definition) is 0. The van der Waals surface area contributed by atoms with Crippen LogP contribution in [0, 0.1) is 11.8 Å². The van der Waals surface area contributed by atoms with Crippen LogP contribution in [0.5, 0.6) is 0 Å². The summed E-state index contributed by atoms with van der Waals surface area (Å²) in [5.41, 5.74) is 0.515. The van der Waals surface area contributed by atoms with Gasteiger partial charge >= 0.3 is 13.1 Å². The van der Waals surface area contributed by atoms with Crippen LogP contribution >= 0.6 is 0 Å². The van der Waals surface area contributed by atoms with E-state index in [1.54, 1.807) is 0 Å². The number of ether oxygens (including phenoxy) is 1. The van der Waals surface area contributed by atoms with Gasteiger partial charge in [-0.05, 0) is 58.9 Å². The van der Waals surface area contributed by atoms with E-state index in [-0.39, 0.29) is 36.1 Å². The lowest BCUT2D eigenvalue weighted by molar-refractivity contribution is -0.149. The second-order valence-corrected chi connectivity index (χ2v) is 7.09. The van der Waals surface area contributed by atoms with E-state index in [0.717, 1.165) is 18.3 Å². The third kappa shape index (κ3) is 3.19. The quantitative estimate of drug-likeness (QED) is 0.592. The zero-order valence-electron chi connectivity index (χ0n) is 14.1. The van der Waals surface area contributed by atoms with Crippen molar-refractivity contribution in [1.82, 2.24) is 0 Å². The van der Waals surface area contributed by atoms with E-state index in [4.69, 9.17) is 14.0 Å². The minimum absolute atomic E-state index is 0.0453. The molecule has 5 heteroatoms. The molecule has 21 heavy (non-hydrogen) atoms. The first-order chi connectivity index (χ1) is 9.68. The van der Waals surface area contributed by atoms with Crippen LogP contribution in [-0.2, 0) is 18.8 Å². The zero-order chi connectivity index (χ0) is 15.8. The van der Waals surface area contributed by atoms with Crippen LogP contribution in [0.1, 0.15) is 54.4 Å². The standard InChI is InChI=1S/C16H27BO4/c1-7-19-14(18)13-9-8-12(10-11(13)2)17-20-15(3,4)16(5,6)21-17/h10-11,13H,7-9H2,1-6H3/t11-,13?/m0/s1. The van der Waals surface area contributed by atoms with Crippen LogP contribution in [0.25, 0.3) is 0 Å². The highest BCUT2D eigenvalue weighted by Gasteiger charge is 2.52. The molecule has 2 aliphatic rings. The fourth-order valence-electron chi connectivity index (χ4n) is 2.89. The van der Waals surface area contributed by atoms with Crippen LogP contribution < -0.4 is 0 Å². The van der Waals surface area contributed by atoms with Gasteiger partial charge in [-0.3, -0.25) is 4.79 Å².